The van der Waals surface area contributed by atoms with E-state index in [2.05, 4.69) is 15.2 Å². The first-order chi connectivity index (χ1) is 9.33. The lowest BCUT2D eigenvalue weighted by molar-refractivity contribution is 0.0954. The van der Waals surface area contributed by atoms with Crippen molar-refractivity contribution in [2.45, 2.75) is 0 Å². The van der Waals surface area contributed by atoms with Crippen LogP contribution in [0.5, 0.6) is 0 Å². The van der Waals surface area contributed by atoms with Crippen LogP contribution in [-0.4, -0.2) is 44.7 Å². The van der Waals surface area contributed by atoms with Gasteiger partial charge in [-0.1, -0.05) is 17.3 Å². The second-order valence-corrected chi connectivity index (χ2v) is 5.82. The molecule has 20 heavy (non-hydrogen) atoms. The van der Waals surface area contributed by atoms with Gasteiger partial charge in [0.1, 0.15) is 0 Å². The Morgan fingerprint density at radius 2 is 2.00 bits per heavy atom. The fourth-order valence-corrected chi connectivity index (χ4v) is 1.86. The number of nitrogens with two attached hydrogens (primary N) is 1. The van der Waals surface area contributed by atoms with Crippen molar-refractivity contribution in [1.29, 1.82) is 0 Å². The number of carbonyl (C=O) groups excluding carboxylic acids is 1. The minimum atomic E-state index is -3.27. The lowest BCUT2D eigenvalue weighted by Crippen LogP contribution is -2.34. The van der Waals surface area contributed by atoms with Gasteiger partial charge in [-0.05, 0) is 12.1 Å². The van der Waals surface area contributed by atoms with E-state index in [1.807, 2.05) is 0 Å². The van der Waals surface area contributed by atoms with E-state index in [1.165, 1.54) is 6.07 Å². The Kier molecular flexibility index (Phi) is 5.47. The van der Waals surface area contributed by atoms with Gasteiger partial charge < -0.3 is 16.3 Å². The van der Waals surface area contributed by atoms with Crippen LogP contribution in [0.1, 0.15) is 15.9 Å². The number of carbonyl (C=O) groups is 1. The van der Waals surface area contributed by atoms with Crippen molar-refractivity contribution in [2.75, 3.05) is 19.3 Å². The topological polar surface area (TPSA) is 134 Å². The Morgan fingerprint density at radius 3 is 2.60 bits per heavy atom. The standard InChI is InChI=1S/C11H16N4O4S/c1-20(18,19)14-6-5-13-11(16)9-4-2-3-8(7-9)10(12)15-17/h2-4,7,14,17H,5-6H2,1H3,(H2,12,15)(H,13,16). The van der Waals surface area contributed by atoms with Crippen molar-refractivity contribution in [3.05, 3.63) is 35.4 Å². The molecular formula is C11H16N4O4S. The number of oxime groups is 1. The SMILES string of the molecule is CS(=O)(=O)NCCNC(=O)c1cccc(/C(N)=N/O)c1. The molecule has 0 fully saturated rings. The number of amides is 1. The molecule has 0 heterocycles. The van der Waals surface area contributed by atoms with E-state index in [4.69, 9.17) is 10.9 Å². The molecule has 0 saturated heterocycles. The summed E-state index contributed by atoms with van der Waals surface area (Å²) in [5.41, 5.74) is 6.16. The van der Waals surface area contributed by atoms with Crippen LogP contribution in [0.3, 0.4) is 0 Å². The zero-order valence-corrected chi connectivity index (χ0v) is 11.6. The smallest absolute Gasteiger partial charge is 0.251 e. The number of hydrogen-bond acceptors (Lipinski definition) is 5. The molecule has 1 amide bonds. The van der Waals surface area contributed by atoms with Crippen molar-refractivity contribution in [2.24, 2.45) is 10.9 Å². The number of benzene rings is 1. The maximum Gasteiger partial charge on any atom is 0.251 e. The molecule has 0 aromatic heterocycles. The molecule has 1 aromatic rings. The van der Waals surface area contributed by atoms with E-state index in [9.17, 15) is 13.2 Å². The number of nitrogens with one attached hydrogen (secondary N) is 2. The largest absolute Gasteiger partial charge is 0.409 e. The summed E-state index contributed by atoms with van der Waals surface area (Å²) in [6.45, 7) is 0.254. The highest BCUT2D eigenvalue weighted by Gasteiger charge is 2.08. The predicted octanol–water partition coefficient (Wildman–Crippen LogP) is -0.940. The minimum absolute atomic E-state index is 0.0987. The van der Waals surface area contributed by atoms with Crippen LogP contribution in [0.15, 0.2) is 29.4 Å². The van der Waals surface area contributed by atoms with Crippen LogP contribution >= 0.6 is 0 Å². The molecule has 0 aliphatic rings. The third kappa shape index (κ3) is 5.24. The minimum Gasteiger partial charge on any atom is -0.409 e. The van der Waals surface area contributed by atoms with Gasteiger partial charge in [0, 0.05) is 24.2 Å². The highest BCUT2D eigenvalue weighted by molar-refractivity contribution is 7.88. The molecule has 1 rings (SSSR count). The maximum absolute atomic E-state index is 11.8. The molecule has 110 valence electrons. The van der Waals surface area contributed by atoms with Gasteiger partial charge in [-0.3, -0.25) is 4.79 Å². The van der Waals surface area contributed by atoms with Crippen molar-refractivity contribution in [3.63, 3.8) is 0 Å². The Bertz CT molecular complexity index is 613. The van der Waals surface area contributed by atoms with Crippen molar-refractivity contribution in [3.8, 4) is 0 Å². The molecule has 0 radical (unpaired) electrons. The number of nitrogens with zero attached hydrogens (tertiary/aromatic N) is 1. The third-order valence-electron chi connectivity index (χ3n) is 2.30. The van der Waals surface area contributed by atoms with Gasteiger partial charge in [-0.15, -0.1) is 0 Å². The van der Waals surface area contributed by atoms with E-state index < -0.39 is 10.0 Å². The number of hydrogen-bond donors (Lipinski definition) is 4. The van der Waals surface area contributed by atoms with Crippen LogP contribution in [0, 0.1) is 0 Å². The molecule has 0 aliphatic heterocycles. The summed E-state index contributed by atoms with van der Waals surface area (Å²) in [5.74, 6) is -0.480. The Hall–Kier alpha value is -2.13. The van der Waals surface area contributed by atoms with E-state index >= 15 is 0 Å². The molecule has 0 bridgehead atoms. The highest BCUT2D eigenvalue weighted by Crippen LogP contribution is 2.04. The van der Waals surface area contributed by atoms with E-state index in [1.54, 1.807) is 18.2 Å². The number of rotatable bonds is 6. The van der Waals surface area contributed by atoms with Gasteiger partial charge >= 0.3 is 0 Å². The van der Waals surface area contributed by atoms with Crippen molar-refractivity contribution < 1.29 is 18.4 Å². The molecule has 8 nitrogen and oxygen atoms in total. The van der Waals surface area contributed by atoms with Crippen LogP contribution in [0.25, 0.3) is 0 Å². The molecule has 0 spiro atoms. The first-order valence-corrected chi connectivity index (χ1v) is 7.53. The molecule has 0 saturated carbocycles. The van der Waals surface area contributed by atoms with Gasteiger partial charge in [-0.25, -0.2) is 13.1 Å². The first-order valence-electron chi connectivity index (χ1n) is 5.64. The fourth-order valence-electron chi connectivity index (χ4n) is 1.39. The van der Waals surface area contributed by atoms with Gasteiger partial charge in [-0.2, -0.15) is 0 Å². The lowest BCUT2D eigenvalue weighted by Gasteiger charge is -2.07. The van der Waals surface area contributed by atoms with Gasteiger partial charge in [0.25, 0.3) is 5.91 Å². The van der Waals surface area contributed by atoms with Crippen LogP contribution < -0.4 is 15.8 Å². The quantitative estimate of drug-likeness (QED) is 0.177. The predicted molar refractivity (Wildman–Crippen MR) is 74.1 cm³/mol. The second kappa shape index (κ2) is 6.87. The highest BCUT2D eigenvalue weighted by atomic mass is 32.2. The molecule has 5 N–H and O–H groups in total. The van der Waals surface area contributed by atoms with Gasteiger partial charge in [0.2, 0.25) is 10.0 Å². The van der Waals surface area contributed by atoms with E-state index in [0.717, 1.165) is 6.26 Å². The fraction of sp³-hybridized carbons (Fsp3) is 0.273. The third-order valence-corrected chi connectivity index (χ3v) is 3.03. The van der Waals surface area contributed by atoms with Gasteiger partial charge in [0.05, 0.1) is 6.26 Å². The zero-order chi connectivity index (χ0) is 15.2. The van der Waals surface area contributed by atoms with Crippen LogP contribution in [0.2, 0.25) is 0 Å². The Morgan fingerprint density at radius 1 is 1.35 bits per heavy atom. The lowest BCUT2D eigenvalue weighted by atomic mass is 10.1. The Labute approximate surface area is 116 Å². The number of sulfonamides is 1. The zero-order valence-electron chi connectivity index (χ0n) is 10.8. The summed E-state index contributed by atoms with van der Waals surface area (Å²) < 4.78 is 23.9. The van der Waals surface area contributed by atoms with Gasteiger partial charge in [0.15, 0.2) is 5.84 Å². The van der Waals surface area contributed by atoms with E-state index in [-0.39, 0.29) is 24.8 Å². The molecule has 0 aliphatic carbocycles. The van der Waals surface area contributed by atoms with E-state index in [0.29, 0.717) is 11.1 Å². The van der Waals surface area contributed by atoms with Crippen LogP contribution in [0.4, 0.5) is 0 Å². The summed E-state index contributed by atoms with van der Waals surface area (Å²) in [4.78, 5) is 11.8. The average Bonchev–Trinajstić information content (AvgIpc) is 2.41. The summed E-state index contributed by atoms with van der Waals surface area (Å²) in [7, 11) is -3.27. The monoisotopic (exact) mass is 300 g/mol. The second-order valence-electron chi connectivity index (χ2n) is 3.99. The summed E-state index contributed by atoms with van der Waals surface area (Å²) in [5, 5.41) is 14.0. The average molecular weight is 300 g/mol. The molecule has 0 atom stereocenters. The molecule has 9 heteroatoms. The van der Waals surface area contributed by atoms with Crippen LogP contribution in [-0.2, 0) is 10.0 Å². The molecule has 1 aromatic carbocycles. The Balaban J connectivity index is 2.60. The van der Waals surface area contributed by atoms with Crippen molar-refractivity contribution in [1.82, 2.24) is 10.0 Å². The summed E-state index contributed by atoms with van der Waals surface area (Å²) >= 11 is 0. The first kappa shape index (κ1) is 15.9. The maximum atomic E-state index is 11.8. The molecule has 0 unspecified atom stereocenters. The normalized spacial score (nSPS) is 12.2. The molecular weight excluding hydrogens is 284 g/mol. The van der Waals surface area contributed by atoms with Crippen molar-refractivity contribution >= 4 is 21.8 Å². The number of amidine groups is 1. The summed E-state index contributed by atoms with van der Waals surface area (Å²) in [6.07, 6.45) is 1.04. The summed E-state index contributed by atoms with van der Waals surface area (Å²) in [6, 6.07) is 6.22.